The molecule has 0 saturated carbocycles. The van der Waals surface area contributed by atoms with E-state index in [2.05, 4.69) is 13.8 Å². The average molecular weight is 338 g/mol. The van der Waals surface area contributed by atoms with Gasteiger partial charge in [0.25, 0.3) is 0 Å². The number of hydrogen-bond acceptors (Lipinski definition) is 1. The van der Waals surface area contributed by atoms with Crippen LogP contribution in [-0.2, 0) is 4.74 Å². The van der Waals surface area contributed by atoms with Gasteiger partial charge >= 0.3 is 10.2 Å². The van der Waals surface area contributed by atoms with E-state index in [0.717, 1.165) is 45.3 Å². The first-order valence-electron chi connectivity index (χ1n) is 7.39. The predicted molar refractivity (Wildman–Crippen MR) is 80.2 cm³/mol. The highest BCUT2D eigenvalue weighted by atomic mass is 32.5. The fourth-order valence-electron chi connectivity index (χ4n) is 1.74. The van der Waals surface area contributed by atoms with Crippen LogP contribution >= 0.6 is 10.2 Å². The van der Waals surface area contributed by atoms with Crippen molar-refractivity contribution < 1.29 is 24.2 Å². The van der Waals surface area contributed by atoms with Gasteiger partial charge < -0.3 is 4.74 Å². The van der Waals surface area contributed by atoms with Gasteiger partial charge in [-0.05, 0) is 25.2 Å². The van der Waals surface area contributed by atoms with Crippen LogP contribution in [0, 0.1) is 5.92 Å². The Labute approximate surface area is 124 Å². The van der Waals surface area contributed by atoms with E-state index in [0.29, 0.717) is 18.4 Å². The highest BCUT2D eigenvalue weighted by molar-refractivity contribution is 8.48. The molecule has 0 heterocycles. The second-order valence-corrected chi connectivity index (χ2v) is 8.11. The minimum Gasteiger partial charge on any atom is -0.381 e. The highest BCUT2D eigenvalue weighted by Gasteiger charge is 2.60. The molecule has 0 unspecified atom stereocenters. The second kappa shape index (κ2) is 7.81. The summed E-state index contributed by atoms with van der Waals surface area (Å²) in [6.45, 7) is 5.68. The number of rotatable bonds is 12. The molecule has 0 aromatic heterocycles. The lowest BCUT2D eigenvalue weighted by molar-refractivity contribution is 0.106. The fourth-order valence-corrected chi connectivity index (χ4v) is 2.24. The third-order valence-electron chi connectivity index (χ3n) is 2.71. The highest BCUT2D eigenvalue weighted by Crippen LogP contribution is 2.98. The summed E-state index contributed by atoms with van der Waals surface area (Å²) in [6, 6.07) is 0. The lowest BCUT2D eigenvalue weighted by atomic mass is 10.1. The van der Waals surface area contributed by atoms with E-state index in [1.165, 1.54) is 0 Å². The van der Waals surface area contributed by atoms with Crippen molar-refractivity contribution in [2.75, 3.05) is 13.2 Å². The summed E-state index contributed by atoms with van der Waals surface area (Å²) in [7, 11) is -9.34. The first-order valence-corrected chi connectivity index (χ1v) is 9.40. The maximum atomic E-state index is 11.9. The summed E-state index contributed by atoms with van der Waals surface area (Å²) in [6.07, 6.45) is 5.77. The van der Waals surface area contributed by atoms with Gasteiger partial charge in [0.2, 0.25) is 0 Å². The van der Waals surface area contributed by atoms with Crippen molar-refractivity contribution in [3.05, 3.63) is 11.5 Å². The minimum atomic E-state index is -9.34. The molecule has 0 aromatic rings. The molecular formula is C14H27F5OS. The Kier molecular flexibility index (Phi) is 7.70. The van der Waals surface area contributed by atoms with Crippen LogP contribution in [0.4, 0.5) is 19.4 Å². The normalized spacial score (nSPS) is 16.4. The molecular weight excluding hydrogens is 311 g/mol. The van der Waals surface area contributed by atoms with E-state index in [4.69, 9.17) is 4.74 Å². The van der Waals surface area contributed by atoms with Crippen LogP contribution in [0.3, 0.4) is 0 Å². The fraction of sp³-hybridized carbons (Fsp3) is 0.857. The Bertz CT molecular complexity index is 309. The van der Waals surface area contributed by atoms with Crippen LogP contribution in [0.5, 0.6) is 0 Å². The van der Waals surface area contributed by atoms with E-state index >= 15 is 0 Å². The van der Waals surface area contributed by atoms with Gasteiger partial charge in [-0.2, -0.15) is 0 Å². The van der Waals surface area contributed by atoms with Gasteiger partial charge in [0.1, 0.15) is 0 Å². The lowest BCUT2D eigenvalue weighted by Crippen LogP contribution is -2.02. The third-order valence-corrected chi connectivity index (χ3v) is 3.42. The quantitative estimate of drug-likeness (QED) is 0.270. The SMILES string of the molecule is CC(C)COCCCCCCCC/C=C/S(F)(F)(F)(F)F. The van der Waals surface area contributed by atoms with Crippen LogP contribution in [0.1, 0.15) is 58.8 Å². The van der Waals surface area contributed by atoms with Crippen molar-refractivity contribution in [1.82, 2.24) is 0 Å². The van der Waals surface area contributed by atoms with E-state index in [1.807, 2.05) is 0 Å². The zero-order chi connectivity index (χ0) is 16.5. The molecule has 0 bridgehead atoms. The molecule has 0 aliphatic rings. The first-order chi connectivity index (χ1) is 9.39. The standard InChI is InChI=1S/C14H27F5OS/c1-14(2)13-20-11-9-7-5-3-4-6-8-10-12-21(15,16,17,18)19/h10,12,14H,3-9,11,13H2,1-2H3/b12-10+. The van der Waals surface area contributed by atoms with Crippen molar-refractivity contribution in [3.8, 4) is 0 Å². The molecule has 0 N–H and O–H groups in total. The molecule has 0 radical (unpaired) electrons. The molecule has 21 heavy (non-hydrogen) atoms. The van der Waals surface area contributed by atoms with E-state index < -0.39 is 15.6 Å². The summed E-state index contributed by atoms with van der Waals surface area (Å²) in [5, 5.41) is -0.841. The molecule has 0 aromatic carbocycles. The van der Waals surface area contributed by atoms with Gasteiger partial charge in [0.15, 0.2) is 0 Å². The van der Waals surface area contributed by atoms with Crippen molar-refractivity contribution in [2.24, 2.45) is 5.92 Å². The molecule has 0 aliphatic carbocycles. The van der Waals surface area contributed by atoms with E-state index in [9.17, 15) is 19.4 Å². The number of hydrogen-bond donors (Lipinski definition) is 0. The van der Waals surface area contributed by atoms with Gasteiger partial charge in [-0.15, -0.1) is 0 Å². The zero-order valence-electron chi connectivity index (χ0n) is 12.8. The predicted octanol–water partition coefficient (Wildman–Crippen LogP) is 7.20. The molecule has 0 fully saturated rings. The maximum absolute atomic E-state index is 11.9. The summed E-state index contributed by atoms with van der Waals surface area (Å²) in [5.74, 6) is 0.532. The monoisotopic (exact) mass is 338 g/mol. The molecule has 7 heteroatoms. The molecule has 0 aliphatic heterocycles. The third kappa shape index (κ3) is 19.7. The van der Waals surface area contributed by atoms with Gasteiger partial charge in [-0.1, -0.05) is 65.0 Å². The Morgan fingerprint density at radius 2 is 1.38 bits per heavy atom. The molecule has 0 saturated heterocycles. The summed E-state index contributed by atoms with van der Waals surface area (Å²) in [4.78, 5) is 0. The Morgan fingerprint density at radius 3 is 1.90 bits per heavy atom. The molecule has 0 rings (SSSR count). The van der Waals surface area contributed by atoms with Gasteiger partial charge in [0.05, 0.1) is 5.41 Å². The Balaban J connectivity index is 3.41. The molecule has 0 atom stereocenters. The molecule has 0 spiro atoms. The zero-order valence-corrected chi connectivity index (χ0v) is 13.6. The van der Waals surface area contributed by atoms with Gasteiger partial charge in [-0.3, -0.25) is 0 Å². The van der Waals surface area contributed by atoms with Crippen LogP contribution in [0.25, 0.3) is 0 Å². The first kappa shape index (κ1) is 20.7. The van der Waals surface area contributed by atoms with Gasteiger partial charge in [-0.25, -0.2) is 0 Å². The summed E-state index contributed by atoms with van der Waals surface area (Å²) < 4.78 is 65.1. The molecule has 130 valence electrons. The number of allylic oxidation sites excluding steroid dienone is 1. The largest absolute Gasteiger partial charge is 0.381 e. The van der Waals surface area contributed by atoms with Crippen molar-refractivity contribution >= 4 is 10.2 Å². The second-order valence-electron chi connectivity index (χ2n) is 5.78. The summed E-state index contributed by atoms with van der Waals surface area (Å²) in [5.41, 5.74) is 0. The smallest absolute Gasteiger partial charge is 0.304 e. The van der Waals surface area contributed by atoms with Crippen LogP contribution in [-0.4, -0.2) is 13.2 Å². The number of halogens is 5. The molecule has 1 nitrogen and oxygen atoms in total. The van der Waals surface area contributed by atoms with Crippen molar-refractivity contribution in [3.63, 3.8) is 0 Å². The van der Waals surface area contributed by atoms with Crippen molar-refractivity contribution in [2.45, 2.75) is 58.8 Å². The lowest BCUT2D eigenvalue weighted by Gasteiger charge is -2.36. The Morgan fingerprint density at radius 1 is 0.857 bits per heavy atom. The number of unbranched alkanes of at least 4 members (excludes halogenated alkanes) is 6. The maximum Gasteiger partial charge on any atom is 0.304 e. The topological polar surface area (TPSA) is 9.23 Å². The molecule has 0 amide bonds. The van der Waals surface area contributed by atoms with Crippen LogP contribution in [0.15, 0.2) is 11.5 Å². The minimum absolute atomic E-state index is 0.0447. The van der Waals surface area contributed by atoms with Crippen LogP contribution in [0.2, 0.25) is 0 Å². The van der Waals surface area contributed by atoms with Crippen molar-refractivity contribution in [1.29, 1.82) is 0 Å². The van der Waals surface area contributed by atoms with Gasteiger partial charge in [0, 0.05) is 13.2 Å². The average Bonchev–Trinajstić information content (AvgIpc) is 2.27. The van der Waals surface area contributed by atoms with E-state index in [1.54, 1.807) is 0 Å². The van der Waals surface area contributed by atoms with E-state index in [-0.39, 0.29) is 6.42 Å². The Hall–Kier alpha value is -0.300. The summed E-state index contributed by atoms with van der Waals surface area (Å²) >= 11 is 0. The number of ether oxygens (including phenoxy) is 1. The van der Waals surface area contributed by atoms with Crippen LogP contribution < -0.4 is 0 Å².